The monoisotopic (exact) mass is 224 g/mol. The minimum absolute atomic E-state index is 0.0212. The fourth-order valence-corrected chi connectivity index (χ4v) is 2.36. The molecule has 5 nitrogen and oxygen atoms in total. The maximum Gasteiger partial charge on any atom is 0.290 e. The lowest BCUT2D eigenvalue weighted by Crippen LogP contribution is -2.19. The molecule has 0 spiro atoms. The topological polar surface area (TPSA) is 65.2 Å². The number of rotatable bonds is 4. The van der Waals surface area contributed by atoms with Gasteiger partial charge in [-0.3, -0.25) is 4.79 Å². The van der Waals surface area contributed by atoms with E-state index in [9.17, 15) is 4.79 Å². The summed E-state index contributed by atoms with van der Waals surface area (Å²) in [6, 6.07) is 0. The van der Waals surface area contributed by atoms with Crippen LogP contribution in [0, 0.1) is 5.92 Å². The van der Waals surface area contributed by atoms with Crippen molar-refractivity contribution in [3.05, 3.63) is 11.7 Å². The highest BCUT2D eigenvalue weighted by atomic mass is 16.5. The van der Waals surface area contributed by atoms with Gasteiger partial charge in [0.2, 0.25) is 12.1 Å². The minimum atomic E-state index is -0.141. The zero-order valence-corrected chi connectivity index (χ0v) is 9.39. The van der Waals surface area contributed by atoms with Crippen molar-refractivity contribution in [3.8, 4) is 0 Å². The van der Waals surface area contributed by atoms with Gasteiger partial charge in [0, 0.05) is 7.11 Å². The third-order valence-electron chi connectivity index (χ3n) is 3.14. The second-order valence-corrected chi connectivity index (χ2v) is 4.16. The van der Waals surface area contributed by atoms with Gasteiger partial charge >= 0.3 is 0 Å². The number of methoxy groups -OCH3 is 1. The Morgan fingerprint density at radius 1 is 1.44 bits per heavy atom. The lowest BCUT2D eigenvalue weighted by molar-refractivity contribution is 0.0273. The summed E-state index contributed by atoms with van der Waals surface area (Å²) in [5.41, 5.74) is 0. The molecule has 0 aromatic carbocycles. The van der Waals surface area contributed by atoms with Crippen LogP contribution in [-0.2, 0) is 4.74 Å². The van der Waals surface area contributed by atoms with Gasteiger partial charge in [0.15, 0.2) is 0 Å². The molecule has 1 aliphatic carbocycles. The highest BCUT2D eigenvalue weighted by Gasteiger charge is 2.28. The summed E-state index contributed by atoms with van der Waals surface area (Å²) in [4.78, 5) is 14.5. The SMILES string of the molecule is COC(c1noc(C=O)n1)C1CCCCC1. The molecule has 1 fully saturated rings. The molecular weight excluding hydrogens is 208 g/mol. The number of carbonyl (C=O) groups excluding carboxylic acids is 1. The number of aromatic nitrogens is 2. The van der Waals surface area contributed by atoms with Crippen molar-refractivity contribution in [1.82, 2.24) is 10.1 Å². The fourth-order valence-electron chi connectivity index (χ4n) is 2.36. The molecule has 0 aliphatic heterocycles. The summed E-state index contributed by atoms with van der Waals surface area (Å²) in [6.45, 7) is 0. The summed E-state index contributed by atoms with van der Waals surface area (Å²) < 4.78 is 10.2. The highest BCUT2D eigenvalue weighted by Crippen LogP contribution is 2.35. The first-order chi connectivity index (χ1) is 7.85. The Morgan fingerprint density at radius 2 is 2.19 bits per heavy atom. The number of hydrogen-bond acceptors (Lipinski definition) is 5. The molecule has 0 bridgehead atoms. The smallest absolute Gasteiger partial charge is 0.290 e. The molecule has 1 aromatic heterocycles. The molecule has 0 radical (unpaired) electrons. The molecule has 16 heavy (non-hydrogen) atoms. The first-order valence-electron chi connectivity index (χ1n) is 5.66. The van der Waals surface area contributed by atoms with Crippen LogP contribution in [0.15, 0.2) is 4.52 Å². The van der Waals surface area contributed by atoms with Gasteiger partial charge in [0.1, 0.15) is 6.10 Å². The average molecular weight is 224 g/mol. The van der Waals surface area contributed by atoms with Gasteiger partial charge in [-0.1, -0.05) is 24.4 Å². The Kier molecular flexibility index (Phi) is 3.66. The summed E-state index contributed by atoms with van der Waals surface area (Å²) in [5.74, 6) is 0.959. The van der Waals surface area contributed by atoms with Crippen LogP contribution < -0.4 is 0 Å². The van der Waals surface area contributed by atoms with Crippen molar-refractivity contribution in [2.24, 2.45) is 5.92 Å². The number of hydrogen-bond donors (Lipinski definition) is 0. The fraction of sp³-hybridized carbons (Fsp3) is 0.727. The number of carbonyl (C=O) groups is 1. The normalized spacial score (nSPS) is 19.6. The van der Waals surface area contributed by atoms with E-state index in [-0.39, 0.29) is 12.0 Å². The van der Waals surface area contributed by atoms with Crippen LogP contribution >= 0.6 is 0 Å². The molecule has 2 rings (SSSR count). The van der Waals surface area contributed by atoms with Crippen LogP contribution in [-0.4, -0.2) is 23.5 Å². The second-order valence-electron chi connectivity index (χ2n) is 4.16. The Morgan fingerprint density at radius 3 is 2.75 bits per heavy atom. The van der Waals surface area contributed by atoms with E-state index in [4.69, 9.17) is 9.26 Å². The molecule has 1 atom stereocenters. The van der Waals surface area contributed by atoms with Crippen LogP contribution in [0.1, 0.15) is 54.7 Å². The Bertz CT molecular complexity index is 345. The maximum absolute atomic E-state index is 10.5. The molecule has 5 heteroatoms. The van der Waals surface area contributed by atoms with E-state index in [1.807, 2.05) is 0 Å². The van der Waals surface area contributed by atoms with E-state index in [0.29, 0.717) is 18.0 Å². The molecule has 0 amide bonds. The van der Waals surface area contributed by atoms with Crippen LogP contribution in [0.5, 0.6) is 0 Å². The first-order valence-corrected chi connectivity index (χ1v) is 5.66. The lowest BCUT2D eigenvalue weighted by atomic mass is 9.85. The largest absolute Gasteiger partial charge is 0.373 e. The molecule has 1 saturated carbocycles. The van der Waals surface area contributed by atoms with Gasteiger partial charge < -0.3 is 9.26 Å². The Labute approximate surface area is 94.2 Å². The van der Waals surface area contributed by atoms with E-state index in [1.165, 1.54) is 19.3 Å². The van der Waals surface area contributed by atoms with Crippen molar-refractivity contribution in [3.63, 3.8) is 0 Å². The molecule has 88 valence electrons. The molecule has 1 unspecified atom stereocenters. The molecule has 0 N–H and O–H groups in total. The van der Waals surface area contributed by atoms with Crippen LogP contribution in [0.25, 0.3) is 0 Å². The zero-order valence-electron chi connectivity index (χ0n) is 9.39. The summed E-state index contributed by atoms with van der Waals surface area (Å²) in [7, 11) is 1.65. The number of nitrogens with zero attached hydrogens (tertiary/aromatic N) is 2. The third kappa shape index (κ3) is 2.29. The van der Waals surface area contributed by atoms with Gasteiger partial charge in [0.25, 0.3) is 5.89 Å². The molecular formula is C11H16N2O3. The van der Waals surface area contributed by atoms with Gasteiger partial charge in [-0.25, -0.2) is 0 Å². The van der Waals surface area contributed by atoms with E-state index < -0.39 is 0 Å². The number of aldehydes is 1. The quantitative estimate of drug-likeness (QED) is 0.733. The predicted octanol–water partition coefficient (Wildman–Crippen LogP) is 2.15. The minimum Gasteiger partial charge on any atom is -0.373 e. The van der Waals surface area contributed by atoms with Crippen LogP contribution in [0.2, 0.25) is 0 Å². The molecule has 1 aromatic rings. The first kappa shape index (κ1) is 11.3. The van der Waals surface area contributed by atoms with E-state index >= 15 is 0 Å². The third-order valence-corrected chi connectivity index (χ3v) is 3.14. The molecule has 1 heterocycles. The zero-order chi connectivity index (χ0) is 11.4. The molecule has 0 saturated heterocycles. The Hall–Kier alpha value is -1.23. The van der Waals surface area contributed by atoms with E-state index in [1.54, 1.807) is 7.11 Å². The standard InChI is InChI=1S/C11H16N2O3/c1-15-10(8-5-3-2-4-6-8)11-12-9(7-14)16-13-11/h7-8,10H,2-6H2,1H3. The summed E-state index contributed by atoms with van der Waals surface area (Å²) in [5, 5.41) is 3.79. The Balaban J connectivity index is 2.10. The van der Waals surface area contributed by atoms with Crippen LogP contribution in [0.3, 0.4) is 0 Å². The van der Waals surface area contributed by atoms with Gasteiger partial charge in [-0.2, -0.15) is 4.98 Å². The lowest BCUT2D eigenvalue weighted by Gasteiger charge is -2.26. The maximum atomic E-state index is 10.5. The van der Waals surface area contributed by atoms with Gasteiger partial charge in [-0.15, -0.1) is 0 Å². The van der Waals surface area contributed by atoms with Crippen molar-refractivity contribution in [1.29, 1.82) is 0 Å². The van der Waals surface area contributed by atoms with E-state index in [2.05, 4.69) is 10.1 Å². The van der Waals surface area contributed by atoms with Crippen molar-refractivity contribution in [2.75, 3.05) is 7.11 Å². The summed E-state index contributed by atoms with van der Waals surface area (Å²) in [6.07, 6.45) is 6.42. The van der Waals surface area contributed by atoms with Crippen molar-refractivity contribution >= 4 is 6.29 Å². The van der Waals surface area contributed by atoms with E-state index in [0.717, 1.165) is 12.8 Å². The van der Waals surface area contributed by atoms with Crippen molar-refractivity contribution < 1.29 is 14.1 Å². The summed E-state index contributed by atoms with van der Waals surface area (Å²) >= 11 is 0. The highest BCUT2D eigenvalue weighted by molar-refractivity contribution is 5.66. The number of ether oxygens (including phenoxy) is 1. The van der Waals surface area contributed by atoms with Crippen LogP contribution in [0.4, 0.5) is 0 Å². The predicted molar refractivity (Wildman–Crippen MR) is 56.0 cm³/mol. The average Bonchev–Trinajstić information content (AvgIpc) is 2.80. The van der Waals surface area contributed by atoms with Gasteiger partial charge in [-0.05, 0) is 18.8 Å². The van der Waals surface area contributed by atoms with Crippen molar-refractivity contribution in [2.45, 2.75) is 38.2 Å². The molecule has 1 aliphatic rings. The van der Waals surface area contributed by atoms with Gasteiger partial charge in [0.05, 0.1) is 0 Å². The second kappa shape index (κ2) is 5.21.